The zero-order chi connectivity index (χ0) is 24.6. The number of amides is 1. The van der Waals surface area contributed by atoms with Gasteiger partial charge < -0.3 is 19.1 Å². The monoisotopic (exact) mass is 472 g/mol. The lowest BCUT2D eigenvalue weighted by atomic mass is 9.84. The van der Waals surface area contributed by atoms with E-state index in [1.54, 1.807) is 19.1 Å². The van der Waals surface area contributed by atoms with Crippen molar-refractivity contribution in [3.8, 4) is 0 Å². The van der Waals surface area contributed by atoms with Crippen molar-refractivity contribution in [2.75, 3.05) is 26.8 Å². The molecule has 1 aromatic carbocycles. The summed E-state index contributed by atoms with van der Waals surface area (Å²) in [6.07, 6.45) is 1.30. The van der Waals surface area contributed by atoms with Crippen molar-refractivity contribution in [1.29, 1.82) is 0 Å². The van der Waals surface area contributed by atoms with E-state index in [0.29, 0.717) is 31.5 Å². The van der Waals surface area contributed by atoms with Gasteiger partial charge in [-0.05, 0) is 70.1 Å². The minimum atomic E-state index is -1.14. The Labute approximate surface area is 199 Å². The van der Waals surface area contributed by atoms with E-state index in [4.69, 9.17) is 19.1 Å². The fraction of sp³-hybridized carbons (Fsp3) is 0.560. The number of aryl methyl sites for hydroxylation is 3. The molecule has 2 heterocycles. The quantitative estimate of drug-likeness (QED) is 0.580. The van der Waals surface area contributed by atoms with Crippen LogP contribution in [0.15, 0.2) is 17.9 Å². The first-order valence-corrected chi connectivity index (χ1v) is 11.7. The van der Waals surface area contributed by atoms with Crippen LogP contribution in [-0.2, 0) is 28.7 Å². The number of ether oxygens (including phenoxy) is 2. The zero-order valence-corrected chi connectivity index (χ0v) is 20.4. The van der Waals surface area contributed by atoms with E-state index in [-0.39, 0.29) is 23.9 Å². The molecule has 1 saturated heterocycles. The maximum Gasteiger partial charge on any atom is 0.513 e. The molecule has 1 spiro atoms. The molecule has 4 rings (SSSR count). The molecule has 2 fully saturated rings. The average molecular weight is 473 g/mol. The van der Waals surface area contributed by atoms with Gasteiger partial charge in [0.25, 0.3) is 5.91 Å². The number of carbonyl (C=O) groups excluding carboxylic acids is 3. The second-order valence-electron chi connectivity index (χ2n) is 9.19. The summed E-state index contributed by atoms with van der Waals surface area (Å²) >= 11 is 0. The van der Waals surface area contributed by atoms with Crippen molar-refractivity contribution >= 4 is 23.6 Å². The van der Waals surface area contributed by atoms with Crippen LogP contribution in [0.5, 0.6) is 0 Å². The Balaban J connectivity index is 1.87. The number of nitrogens with zero attached hydrogens (tertiary/aromatic N) is 2. The first-order valence-electron chi connectivity index (χ1n) is 11.7. The maximum absolute atomic E-state index is 14.0. The molecule has 0 N–H and O–H groups in total. The van der Waals surface area contributed by atoms with Gasteiger partial charge in [-0.1, -0.05) is 17.7 Å². The Hall–Kier alpha value is -2.91. The Morgan fingerprint density at radius 3 is 2.24 bits per heavy atom. The van der Waals surface area contributed by atoms with Gasteiger partial charge >= 0.3 is 12.1 Å². The third kappa shape index (κ3) is 4.30. The van der Waals surface area contributed by atoms with Gasteiger partial charge in [0.1, 0.15) is 5.54 Å². The molecule has 2 aliphatic heterocycles. The highest BCUT2D eigenvalue weighted by Crippen LogP contribution is 2.49. The normalized spacial score (nSPS) is 20.1. The standard InChI is InChI=1S/C25H32N2O7/c1-6-32-24(30)33-21-20(19-16(3)13-15(2)14-17(19)4)22(28)27(34-23(29)18-7-8-18)25(21)9-11-26(31-5)12-10-25/h13-14,18H,6-12H2,1-5H3. The fourth-order valence-electron chi connectivity index (χ4n) is 4.97. The second-order valence-corrected chi connectivity index (χ2v) is 9.19. The number of hydroxylamine groups is 4. The van der Waals surface area contributed by atoms with Gasteiger partial charge in [-0.15, -0.1) is 0 Å². The number of carbonyl (C=O) groups is 3. The fourth-order valence-corrected chi connectivity index (χ4v) is 4.97. The summed E-state index contributed by atoms with van der Waals surface area (Å²) in [5.74, 6) is -0.958. The molecule has 0 unspecified atom stereocenters. The van der Waals surface area contributed by atoms with E-state index in [0.717, 1.165) is 34.6 Å². The molecule has 1 aliphatic carbocycles. The smallest absolute Gasteiger partial charge is 0.434 e. The third-order valence-electron chi connectivity index (χ3n) is 6.71. The van der Waals surface area contributed by atoms with E-state index < -0.39 is 23.6 Å². The number of piperidine rings is 1. The van der Waals surface area contributed by atoms with Gasteiger partial charge in [0.2, 0.25) is 0 Å². The van der Waals surface area contributed by atoms with Crippen molar-refractivity contribution in [3.05, 3.63) is 40.1 Å². The summed E-state index contributed by atoms with van der Waals surface area (Å²) in [5.41, 5.74) is 2.56. The number of rotatable bonds is 6. The Morgan fingerprint density at radius 1 is 1.09 bits per heavy atom. The molecule has 0 bridgehead atoms. The Kier molecular flexibility index (Phi) is 6.69. The summed E-state index contributed by atoms with van der Waals surface area (Å²) in [5, 5.41) is 2.92. The number of hydrogen-bond acceptors (Lipinski definition) is 8. The molecular formula is C25H32N2O7. The SMILES string of the molecule is CCOC(=O)OC1=C(c2c(C)cc(C)cc2C)C(=O)N(OC(=O)C2CC2)C12CCN(OC)CC2. The second kappa shape index (κ2) is 9.38. The highest BCUT2D eigenvalue weighted by atomic mass is 16.7. The summed E-state index contributed by atoms with van der Waals surface area (Å²) in [7, 11) is 1.58. The van der Waals surface area contributed by atoms with Crippen LogP contribution < -0.4 is 0 Å². The number of hydrogen-bond donors (Lipinski definition) is 0. The largest absolute Gasteiger partial charge is 0.513 e. The lowest BCUT2D eigenvalue weighted by Crippen LogP contribution is -2.56. The van der Waals surface area contributed by atoms with Gasteiger partial charge in [-0.25, -0.2) is 9.59 Å². The van der Waals surface area contributed by atoms with E-state index in [9.17, 15) is 14.4 Å². The minimum Gasteiger partial charge on any atom is -0.434 e. The van der Waals surface area contributed by atoms with Crippen molar-refractivity contribution in [2.45, 2.75) is 58.9 Å². The summed E-state index contributed by atoms with van der Waals surface area (Å²) in [4.78, 5) is 50.3. The van der Waals surface area contributed by atoms with Gasteiger partial charge in [0.15, 0.2) is 5.76 Å². The topological polar surface area (TPSA) is 94.6 Å². The number of benzene rings is 1. The van der Waals surface area contributed by atoms with Crippen LogP contribution in [-0.4, -0.2) is 60.5 Å². The maximum atomic E-state index is 14.0. The first kappa shape index (κ1) is 24.2. The molecule has 9 heteroatoms. The molecule has 0 atom stereocenters. The summed E-state index contributed by atoms with van der Waals surface area (Å²) in [6.45, 7) is 8.53. The van der Waals surface area contributed by atoms with E-state index in [1.165, 1.54) is 0 Å². The molecule has 0 aromatic heterocycles. The van der Waals surface area contributed by atoms with Crippen LogP contribution in [0.2, 0.25) is 0 Å². The van der Waals surface area contributed by atoms with Gasteiger partial charge in [-0.3, -0.25) is 4.79 Å². The van der Waals surface area contributed by atoms with Crippen LogP contribution in [0.4, 0.5) is 4.79 Å². The van der Waals surface area contributed by atoms with E-state index in [1.807, 2.05) is 32.9 Å². The van der Waals surface area contributed by atoms with Crippen LogP contribution in [0, 0.1) is 26.7 Å². The van der Waals surface area contributed by atoms with Crippen LogP contribution in [0.25, 0.3) is 5.57 Å². The van der Waals surface area contributed by atoms with E-state index in [2.05, 4.69) is 0 Å². The van der Waals surface area contributed by atoms with Crippen LogP contribution in [0.1, 0.15) is 54.9 Å². The lowest BCUT2D eigenvalue weighted by Gasteiger charge is -2.42. The van der Waals surface area contributed by atoms with Crippen molar-refractivity contribution in [2.24, 2.45) is 5.92 Å². The molecule has 1 aromatic rings. The lowest BCUT2D eigenvalue weighted by molar-refractivity contribution is -0.231. The van der Waals surface area contributed by atoms with Crippen molar-refractivity contribution in [3.63, 3.8) is 0 Å². The predicted octanol–water partition coefficient (Wildman–Crippen LogP) is 3.60. The molecule has 0 radical (unpaired) electrons. The van der Waals surface area contributed by atoms with Crippen LogP contribution in [0.3, 0.4) is 0 Å². The minimum absolute atomic E-state index is 0.128. The summed E-state index contributed by atoms with van der Waals surface area (Å²) < 4.78 is 10.9. The van der Waals surface area contributed by atoms with E-state index >= 15 is 0 Å². The Morgan fingerprint density at radius 2 is 1.71 bits per heavy atom. The highest BCUT2D eigenvalue weighted by Gasteiger charge is 2.59. The predicted molar refractivity (Wildman–Crippen MR) is 122 cm³/mol. The average Bonchev–Trinajstić information content (AvgIpc) is 3.61. The molecule has 34 heavy (non-hydrogen) atoms. The van der Waals surface area contributed by atoms with Gasteiger partial charge in [-0.2, -0.15) is 10.1 Å². The molecule has 1 saturated carbocycles. The first-order chi connectivity index (χ1) is 16.2. The van der Waals surface area contributed by atoms with Gasteiger partial charge in [0.05, 0.1) is 25.2 Å². The molecule has 184 valence electrons. The highest BCUT2D eigenvalue weighted by molar-refractivity contribution is 6.24. The van der Waals surface area contributed by atoms with Crippen LogP contribution >= 0.6 is 0 Å². The molecule has 1 amide bonds. The Bertz CT molecular complexity index is 1010. The summed E-state index contributed by atoms with van der Waals surface area (Å²) in [6, 6.07) is 3.95. The third-order valence-corrected chi connectivity index (χ3v) is 6.71. The van der Waals surface area contributed by atoms with Crippen molar-refractivity contribution < 1.29 is 33.5 Å². The van der Waals surface area contributed by atoms with Gasteiger partial charge in [0, 0.05) is 13.1 Å². The molecule has 9 nitrogen and oxygen atoms in total. The van der Waals surface area contributed by atoms with Crippen molar-refractivity contribution in [1.82, 2.24) is 10.1 Å². The molecular weight excluding hydrogens is 440 g/mol. The molecule has 3 aliphatic rings. The zero-order valence-electron chi connectivity index (χ0n) is 20.4.